The molecule has 0 spiro atoms. The van der Waals surface area contributed by atoms with Gasteiger partial charge in [0.25, 0.3) is 5.91 Å². The molecule has 0 saturated heterocycles. The fraction of sp³-hybridized carbons (Fsp3) is 0.333. The Bertz CT molecular complexity index is 878. The van der Waals surface area contributed by atoms with E-state index in [0.29, 0.717) is 18.1 Å². The van der Waals surface area contributed by atoms with Crippen LogP contribution >= 0.6 is 0 Å². The van der Waals surface area contributed by atoms with Crippen LogP contribution in [0.25, 0.3) is 0 Å². The molecule has 0 unspecified atom stereocenters. The fourth-order valence-corrected chi connectivity index (χ4v) is 2.66. The molecule has 0 atom stereocenters. The summed E-state index contributed by atoms with van der Waals surface area (Å²) < 4.78 is 3.52. The van der Waals surface area contributed by atoms with Crippen LogP contribution in [0.2, 0.25) is 0 Å². The van der Waals surface area contributed by atoms with E-state index in [4.69, 9.17) is 0 Å². The molecular formula is C18H22N6O. The van der Waals surface area contributed by atoms with Crippen LogP contribution in [0.1, 0.15) is 47.3 Å². The van der Waals surface area contributed by atoms with Crippen molar-refractivity contribution in [1.82, 2.24) is 24.8 Å². The van der Waals surface area contributed by atoms with Gasteiger partial charge in [0.2, 0.25) is 0 Å². The monoisotopic (exact) mass is 338 g/mol. The average Bonchev–Trinajstić information content (AvgIpc) is 3.12. The number of carbonyl (C=O) groups is 1. The molecule has 2 aromatic heterocycles. The van der Waals surface area contributed by atoms with Gasteiger partial charge in [-0.15, -0.1) is 5.10 Å². The van der Waals surface area contributed by atoms with Crippen molar-refractivity contribution in [3.05, 3.63) is 59.0 Å². The minimum absolute atomic E-state index is 0.152. The lowest BCUT2D eigenvalue weighted by atomic mass is 10.2. The van der Waals surface area contributed by atoms with Gasteiger partial charge in [0.05, 0.1) is 17.9 Å². The molecule has 2 heterocycles. The number of rotatable bonds is 5. The number of amides is 1. The number of aromatic nitrogens is 5. The summed E-state index contributed by atoms with van der Waals surface area (Å²) in [6.07, 6.45) is 0. The summed E-state index contributed by atoms with van der Waals surface area (Å²) in [5, 5.41) is 15.5. The first-order valence-electron chi connectivity index (χ1n) is 8.27. The van der Waals surface area contributed by atoms with Crippen molar-refractivity contribution < 1.29 is 4.79 Å². The van der Waals surface area contributed by atoms with Crippen molar-refractivity contribution in [2.45, 2.75) is 40.3 Å². The van der Waals surface area contributed by atoms with Crippen LogP contribution in [0.3, 0.4) is 0 Å². The molecule has 0 radical (unpaired) electrons. The van der Waals surface area contributed by atoms with Gasteiger partial charge in [-0.1, -0.05) is 35.5 Å². The number of hydrogen-bond acceptors (Lipinski definition) is 4. The van der Waals surface area contributed by atoms with E-state index < -0.39 is 0 Å². The summed E-state index contributed by atoms with van der Waals surface area (Å²) in [6.45, 7) is 8.36. The van der Waals surface area contributed by atoms with E-state index in [0.717, 1.165) is 17.0 Å². The molecule has 0 fully saturated rings. The van der Waals surface area contributed by atoms with Crippen molar-refractivity contribution in [3.8, 4) is 0 Å². The van der Waals surface area contributed by atoms with Gasteiger partial charge >= 0.3 is 0 Å². The largest absolute Gasteiger partial charge is 0.305 e. The average molecular weight is 338 g/mol. The third-order valence-corrected chi connectivity index (χ3v) is 3.96. The third kappa shape index (κ3) is 3.60. The van der Waals surface area contributed by atoms with Gasteiger partial charge in [-0.3, -0.25) is 4.79 Å². The van der Waals surface area contributed by atoms with E-state index in [-0.39, 0.29) is 11.9 Å². The van der Waals surface area contributed by atoms with Gasteiger partial charge < -0.3 is 5.32 Å². The van der Waals surface area contributed by atoms with Crippen LogP contribution in [0.4, 0.5) is 5.82 Å². The van der Waals surface area contributed by atoms with Crippen LogP contribution in [0.15, 0.2) is 36.4 Å². The second-order valence-corrected chi connectivity index (χ2v) is 6.33. The minimum Gasteiger partial charge on any atom is -0.305 e. The van der Waals surface area contributed by atoms with Crippen LogP contribution in [-0.2, 0) is 6.54 Å². The number of hydrogen-bond donors (Lipinski definition) is 1. The second kappa shape index (κ2) is 6.88. The Kier molecular flexibility index (Phi) is 4.65. The molecule has 25 heavy (non-hydrogen) atoms. The highest BCUT2D eigenvalue weighted by atomic mass is 16.2. The smallest absolute Gasteiger partial charge is 0.279 e. The predicted molar refractivity (Wildman–Crippen MR) is 95.6 cm³/mol. The zero-order valence-corrected chi connectivity index (χ0v) is 14.9. The lowest BCUT2D eigenvalue weighted by molar-refractivity contribution is 0.102. The van der Waals surface area contributed by atoms with Crippen molar-refractivity contribution in [2.75, 3.05) is 5.32 Å². The standard InChI is InChI=1S/C18H22N6O/c1-12(2)24-16(10-13(3)21-24)19-18(25)17-14(4)23(22-20-17)11-15-8-6-5-7-9-15/h5-10,12H,11H2,1-4H3,(H,19,25). The highest BCUT2D eigenvalue weighted by Gasteiger charge is 2.19. The minimum atomic E-state index is -0.279. The molecule has 3 aromatic rings. The quantitative estimate of drug-likeness (QED) is 0.776. The normalized spacial score (nSPS) is 11.1. The molecule has 3 rings (SSSR count). The summed E-state index contributed by atoms with van der Waals surface area (Å²) in [4.78, 5) is 12.6. The summed E-state index contributed by atoms with van der Waals surface area (Å²) in [7, 11) is 0. The Morgan fingerprint density at radius 3 is 2.60 bits per heavy atom. The third-order valence-electron chi connectivity index (χ3n) is 3.96. The lowest BCUT2D eigenvalue weighted by Crippen LogP contribution is -2.18. The fourth-order valence-electron chi connectivity index (χ4n) is 2.66. The van der Waals surface area contributed by atoms with Gasteiger partial charge in [0.1, 0.15) is 5.82 Å². The SMILES string of the molecule is Cc1cc(NC(=O)c2nnn(Cc3ccccc3)c2C)n(C(C)C)n1. The Morgan fingerprint density at radius 2 is 1.92 bits per heavy atom. The molecule has 1 aromatic carbocycles. The molecule has 1 amide bonds. The van der Waals surface area contributed by atoms with E-state index in [1.165, 1.54) is 0 Å². The van der Waals surface area contributed by atoms with Gasteiger partial charge in [0.15, 0.2) is 5.69 Å². The lowest BCUT2D eigenvalue weighted by Gasteiger charge is -2.11. The number of carbonyl (C=O) groups excluding carboxylic acids is 1. The van der Waals surface area contributed by atoms with Crippen molar-refractivity contribution in [2.24, 2.45) is 0 Å². The van der Waals surface area contributed by atoms with E-state index >= 15 is 0 Å². The molecular weight excluding hydrogens is 316 g/mol. The molecule has 130 valence electrons. The van der Waals surface area contributed by atoms with Crippen LogP contribution in [0.5, 0.6) is 0 Å². The number of aryl methyl sites for hydroxylation is 1. The van der Waals surface area contributed by atoms with E-state index in [2.05, 4.69) is 20.7 Å². The van der Waals surface area contributed by atoms with E-state index in [1.54, 1.807) is 9.36 Å². The Labute approximate surface area is 146 Å². The molecule has 0 bridgehead atoms. The zero-order valence-electron chi connectivity index (χ0n) is 14.9. The predicted octanol–water partition coefficient (Wildman–Crippen LogP) is 2.97. The highest BCUT2D eigenvalue weighted by molar-refractivity contribution is 6.03. The van der Waals surface area contributed by atoms with Crippen molar-refractivity contribution in [3.63, 3.8) is 0 Å². The van der Waals surface area contributed by atoms with Gasteiger partial charge in [-0.25, -0.2) is 9.36 Å². The maximum atomic E-state index is 12.6. The van der Waals surface area contributed by atoms with E-state index in [9.17, 15) is 4.79 Å². The van der Waals surface area contributed by atoms with Crippen LogP contribution in [0, 0.1) is 13.8 Å². The second-order valence-electron chi connectivity index (χ2n) is 6.33. The summed E-state index contributed by atoms with van der Waals surface area (Å²) in [6, 6.07) is 12.0. The molecule has 0 saturated carbocycles. The first kappa shape index (κ1) is 16.9. The number of benzene rings is 1. The maximum absolute atomic E-state index is 12.6. The van der Waals surface area contributed by atoms with Crippen LogP contribution < -0.4 is 5.32 Å². The summed E-state index contributed by atoms with van der Waals surface area (Å²) in [5.41, 5.74) is 3.02. The maximum Gasteiger partial charge on any atom is 0.279 e. The van der Waals surface area contributed by atoms with Crippen molar-refractivity contribution in [1.29, 1.82) is 0 Å². The molecule has 7 nitrogen and oxygen atoms in total. The first-order valence-corrected chi connectivity index (χ1v) is 8.27. The molecule has 0 aliphatic rings. The van der Waals surface area contributed by atoms with Crippen LogP contribution in [-0.4, -0.2) is 30.7 Å². The zero-order chi connectivity index (χ0) is 18.0. The van der Waals surface area contributed by atoms with Gasteiger partial charge in [-0.05, 0) is 33.3 Å². The number of nitrogens with one attached hydrogen (secondary N) is 1. The topological polar surface area (TPSA) is 77.6 Å². The summed E-state index contributed by atoms with van der Waals surface area (Å²) >= 11 is 0. The molecule has 7 heteroatoms. The first-order chi connectivity index (χ1) is 12.0. The molecule has 0 aliphatic heterocycles. The molecule has 0 aliphatic carbocycles. The number of anilines is 1. The van der Waals surface area contributed by atoms with Crippen molar-refractivity contribution >= 4 is 11.7 Å². The highest BCUT2D eigenvalue weighted by Crippen LogP contribution is 2.17. The van der Waals surface area contributed by atoms with E-state index in [1.807, 2.05) is 64.1 Å². The Morgan fingerprint density at radius 1 is 1.20 bits per heavy atom. The molecule has 1 N–H and O–H groups in total. The number of nitrogens with zero attached hydrogens (tertiary/aromatic N) is 5. The Balaban J connectivity index is 1.80. The van der Waals surface area contributed by atoms with Gasteiger partial charge in [0, 0.05) is 12.1 Å². The summed E-state index contributed by atoms with van der Waals surface area (Å²) in [5.74, 6) is 0.383. The Hall–Kier alpha value is -2.96. The van der Waals surface area contributed by atoms with Gasteiger partial charge in [-0.2, -0.15) is 5.10 Å².